The lowest BCUT2D eigenvalue weighted by Crippen LogP contribution is -2.46. The van der Waals surface area contributed by atoms with Crippen LogP contribution in [0, 0.1) is 12.5 Å². The molecule has 2 aromatic carbocycles. The number of carboxylic acids is 1. The van der Waals surface area contributed by atoms with Crippen LogP contribution in [0.1, 0.15) is 41.8 Å². The molecule has 40 heavy (non-hydrogen) atoms. The van der Waals surface area contributed by atoms with Crippen LogP contribution >= 0.6 is 0 Å². The largest absolute Gasteiger partial charge is 0.478 e. The average Bonchev–Trinajstić information content (AvgIpc) is 3.56. The van der Waals surface area contributed by atoms with Gasteiger partial charge in [0.25, 0.3) is 5.56 Å². The zero-order valence-electron chi connectivity index (χ0n) is 22.6. The second kappa shape index (κ2) is 10.8. The highest BCUT2D eigenvalue weighted by atomic mass is 16.4. The summed E-state index contributed by atoms with van der Waals surface area (Å²) >= 11 is 0. The molecule has 0 spiro atoms. The van der Waals surface area contributed by atoms with Crippen molar-refractivity contribution < 1.29 is 9.90 Å². The summed E-state index contributed by atoms with van der Waals surface area (Å²) < 4.78 is 1.87. The number of carboxylic acid groups (broad SMARTS) is 1. The molecule has 0 fully saturated rings. The molecular formula is C30H31N7O3. The summed E-state index contributed by atoms with van der Waals surface area (Å²) in [7, 11) is 1.83. The van der Waals surface area contributed by atoms with Gasteiger partial charge in [0.2, 0.25) is 0 Å². The third-order valence-electron chi connectivity index (χ3n) is 7.53. The molecule has 5 rings (SSSR count). The van der Waals surface area contributed by atoms with Crippen molar-refractivity contribution in [3.8, 4) is 11.1 Å². The number of nitrogens with zero attached hydrogens (tertiary/aromatic N) is 5. The first-order chi connectivity index (χ1) is 19.2. The Balaban J connectivity index is 1.48. The second-order valence-corrected chi connectivity index (χ2v) is 10.3. The Morgan fingerprint density at radius 1 is 1.23 bits per heavy atom. The number of aliphatic imine (C=N–C) groups is 1. The van der Waals surface area contributed by atoms with Gasteiger partial charge in [0, 0.05) is 42.7 Å². The van der Waals surface area contributed by atoms with Crippen molar-refractivity contribution in [1.82, 2.24) is 9.88 Å². The maximum atomic E-state index is 13.6. The molecule has 2 aliphatic heterocycles. The zero-order valence-corrected chi connectivity index (χ0v) is 22.6. The summed E-state index contributed by atoms with van der Waals surface area (Å²) in [4.78, 5) is 31.4. The van der Waals surface area contributed by atoms with Crippen molar-refractivity contribution in [3.63, 3.8) is 0 Å². The molecule has 2 aliphatic rings. The first-order valence-electron chi connectivity index (χ1n) is 13.0. The standard InChI is InChI=1S/C30H31N7O3/c1-19-7-10-26(36(3)18-33-35-31)24(13-19)22-15-23-9-11-27(37(23)28(38)16-22)30(2)32-17-25(34-30)21-6-4-5-20(14-21)8-12-29(39)40/h4-8,10,12-16,18,27,31-32H,9,11,17H2,1-3H3,(H,39,40)/b12-8+,33-18?,35-31?. The van der Waals surface area contributed by atoms with Gasteiger partial charge >= 0.3 is 5.97 Å². The number of aliphatic carboxylic acids is 1. The molecular weight excluding hydrogens is 506 g/mol. The summed E-state index contributed by atoms with van der Waals surface area (Å²) in [5.41, 5.74) is 13.4. The Kier molecular flexibility index (Phi) is 7.27. The third kappa shape index (κ3) is 5.26. The predicted molar refractivity (Wildman–Crippen MR) is 156 cm³/mol. The molecule has 10 heteroatoms. The van der Waals surface area contributed by atoms with Crippen LogP contribution in [-0.4, -0.2) is 46.9 Å². The highest BCUT2D eigenvalue weighted by Gasteiger charge is 2.42. The van der Waals surface area contributed by atoms with Gasteiger partial charge in [-0.2, -0.15) is 5.53 Å². The van der Waals surface area contributed by atoms with Crippen LogP contribution in [0.3, 0.4) is 0 Å². The highest BCUT2D eigenvalue weighted by Crippen LogP contribution is 2.38. The molecule has 3 aromatic rings. The molecule has 0 bridgehead atoms. The van der Waals surface area contributed by atoms with Crippen LogP contribution in [0.15, 0.2) is 80.8 Å². The normalized spacial score (nSPS) is 20.2. The lowest BCUT2D eigenvalue weighted by atomic mass is 10.0. The fourth-order valence-electron chi connectivity index (χ4n) is 5.61. The number of rotatable bonds is 8. The fourth-order valence-corrected chi connectivity index (χ4v) is 5.61. The van der Waals surface area contributed by atoms with Crippen molar-refractivity contribution in [2.75, 3.05) is 18.5 Å². The Hall–Kier alpha value is -4.70. The van der Waals surface area contributed by atoms with E-state index in [2.05, 4.69) is 21.7 Å². The first-order valence-corrected chi connectivity index (χ1v) is 13.0. The SMILES string of the molecule is Cc1ccc(N(C)C=NN=N)c(-c2cc3n(c(=O)c2)C(C2(C)N=C(c4cccc(/C=C/C(=O)O)c4)CN2)CC3)c1. The van der Waals surface area contributed by atoms with E-state index in [1.807, 2.05) is 67.9 Å². The Bertz CT molecular complexity index is 1640. The molecule has 0 radical (unpaired) electrons. The smallest absolute Gasteiger partial charge is 0.328 e. The van der Waals surface area contributed by atoms with Crippen LogP contribution in [0.4, 0.5) is 5.69 Å². The maximum absolute atomic E-state index is 13.6. The van der Waals surface area contributed by atoms with E-state index in [0.717, 1.165) is 63.8 Å². The van der Waals surface area contributed by atoms with E-state index in [1.165, 1.54) is 6.34 Å². The summed E-state index contributed by atoms with van der Waals surface area (Å²) in [6.45, 7) is 4.59. The van der Waals surface area contributed by atoms with Crippen LogP contribution in [-0.2, 0) is 11.2 Å². The van der Waals surface area contributed by atoms with E-state index in [1.54, 1.807) is 17.0 Å². The lowest BCUT2D eigenvalue weighted by Gasteiger charge is -2.30. The van der Waals surface area contributed by atoms with Gasteiger partial charge in [0.1, 0.15) is 12.0 Å². The van der Waals surface area contributed by atoms with E-state index >= 15 is 0 Å². The molecule has 1 aromatic heterocycles. The number of nitrogens with one attached hydrogen (secondary N) is 2. The Morgan fingerprint density at radius 2 is 2.05 bits per heavy atom. The van der Waals surface area contributed by atoms with E-state index in [0.29, 0.717) is 6.54 Å². The van der Waals surface area contributed by atoms with Gasteiger partial charge in [-0.15, -0.1) is 5.10 Å². The summed E-state index contributed by atoms with van der Waals surface area (Å²) in [6, 6.07) is 17.3. The number of anilines is 1. The van der Waals surface area contributed by atoms with Gasteiger partial charge in [-0.3, -0.25) is 15.1 Å². The number of benzene rings is 2. The fraction of sp³-hybridized carbons (Fsp3) is 0.267. The minimum absolute atomic E-state index is 0.0765. The van der Waals surface area contributed by atoms with E-state index < -0.39 is 11.6 Å². The number of hydrogen-bond donors (Lipinski definition) is 3. The average molecular weight is 538 g/mol. The quantitative estimate of drug-likeness (QED) is 0.127. The summed E-state index contributed by atoms with van der Waals surface area (Å²) in [5.74, 6) is -0.995. The maximum Gasteiger partial charge on any atom is 0.328 e. The van der Waals surface area contributed by atoms with Crippen molar-refractivity contribution in [2.24, 2.45) is 15.3 Å². The molecule has 3 N–H and O–H groups in total. The molecule has 0 saturated heterocycles. The molecule has 3 heterocycles. The number of aryl methyl sites for hydroxylation is 2. The van der Waals surface area contributed by atoms with E-state index in [4.69, 9.17) is 15.6 Å². The molecule has 204 valence electrons. The topological polar surface area (TPSA) is 136 Å². The predicted octanol–water partition coefficient (Wildman–Crippen LogP) is 4.63. The van der Waals surface area contributed by atoms with Gasteiger partial charge < -0.3 is 14.6 Å². The number of hydrogen-bond acceptors (Lipinski definition) is 6. The second-order valence-electron chi connectivity index (χ2n) is 10.3. The number of pyridine rings is 1. The minimum Gasteiger partial charge on any atom is -0.478 e. The monoisotopic (exact) mass is 537 g/mol. The zero-order chi connectivity index (χ0) is 28.4. The van der Waals surface area contributed by atoms with E-state index in [-0.39, 0.29) is 11.6 Å². The van der Waals surface area contributed by atoms with Crippen molar-refractivity contribution in [1.29, 1.82) is 5.53 Å². The van der Waals surface area contributed by atoms with Gasteiger partial charge in [-0.1, -0.05) is 35.1 Å². The number of aromatic nitrogens is 1. The summed E-state index contributed by atoms with van der Waals surface area (Å²) in [6.07, 6.45) is 5.68. The van der Waals surface area contributed by atoms with Crippen LogP contribution in [0.25, 0.3) is 17.2 Å². The number of carbonyl (C=O) groups is 1. The van der Waals surface area contributed by atoms with E-state index in [9.17, 15) is 9.59 Å². The van der Waals surface area contributed by atoms with Crippen LogP contribution in [0.2, 0.25) is 0 Å². The molecule has 0 aliphatic carbocycles. The molecule has 0 amide bonds. The van der Waals surface area contributed by atoms with Gasteiger partial charge in [0.15, 0.2) is 0 Å². The van der Waals surface area contributed by atoms with Crippen molar-refractivity contribution in [2.45, 2.75) is 38.4 Å². The third-order valence-corrected chi connectivity index (χ3v) is 7.53. The van der Waals surface area contributed by atoms with Crippen LogP contribution < -0.4 is 15.8 Å². The van der Waals surface area contributed by atoms with Gasteiger partial charge in [0.05, 0.1) is 11.8 Å². The lowest BCUT2D eigenvalue weighted by molar-refractivity contribution is -0.131. The molecule has 10 nitrogen and oxygen atoms in total. The minimum atomic E-state index is -0.995. The molecule has 0 saturated carbocycles. The number of fused-ring (bicyclic) bond motifs is 1. The Labute approximate surface area is 231 Å². The molecule has 2 unspecified atom stereocenters. The van der Waals surface area contributed by atoms with Gasteiger partial charge in [-0.05, 0) is 73.7 Å². The van der Waals surface area contributed by atoms with Crippen molar-refractivity contribution in [3.05, 3.63) is 93.4 Å². The molecule has 2 atom stereocenters. The van der Waals surface area contributed by atoms with Crippen LogP contribution in [0.5, 0.6) is 0 Å². The highest BCUT2D eigenvalue weighted by molar-refractivity contribution is 6.04. The van der Waals surface area contributed by atoms with Gasteiger partial charge in [-0.25, -0.2) is 4.79 Å². The Morgan fingerprint density at radius 3 is 2.83 bits per heavy atom. The van der Waals surface area contributed by atoms with Crippen molar-refractivity contribution >= 4 is 29.8 Å². The summed E-state index contributed by atoms with van der Waals surface area (Å²) in [5, 5.41) is 19.2. The first kappa shape index (κ1) is 26.9.